The van der Waals surface area contributed by atoms with Gasteiger partial charge in [0, 0.05) is 11.8 Å². The van der Waals surface area contributed by atoms with Crippen LogP contribution in [0.1, 0.15) is 5.69 Å². The molecule has 24 heavy (non-hydrogen) atoms. The Morgan fingerprint density at radius 1 is 1.21 bits per heavy atom. The minimum absolute atomic E-state index is 0.0541. The number of nitrogens with zero attached hydrogens (tertiary/aromatic N) is 7. The fraction of sp³-hybridized carbons (Fsp3) is 0.231. The molecule has 3 heterocycles. The first-order valence-electron chi connectivity index (χ1n) is 6.67. The van der Waals surface area contributed by atoms with Gasteiger partial charge in [-0.25, -0.2) is 19.0 Å². The highest BCUT2D eigenvalue weighted by Gasteiger charge is 2.42. The predicted octanol–water partition coefficient (Wildman–Crippen LogP) is 0.817. The quantitative estimate of drug-likeness (QED) is 0.735. The molecule has 0 saturated heterocycles. The first-order chi connectivity index (χ1) is 11.5. The summed E-state index contributed by atoms with van der Waals surface area (Å²) in [4.78, 5) is 10.9. The fourth-order valence-electron chi connectivity index (χ4n) is 1.98. The maximum Gasteiger partial charge on any atom is 0.316 e. The summed E-state index contributed by atoms with van der Waals surface area (Å²) in [6.07, 6.45) is 2.17. The first-order valence-corrected chi connectivity index (χ1v) is 6.67. The van der Waals surface area contributed by atoms with Crippen molar-refractivity contribution in [3.63, 3.8) is 0 Å². The molecular weight excluding hydrogens is 327 g/mol. The van der Waals surface area contributed by atoms with Crippen LogP contribution in [-0.2, 0) is 12.5 Å². The van der Waals surface area contributed by atoms with Gasteiger partial charge in [0.15, 0.2) is 5.82 Å². The second-order valence-corrected chi connectivity index (χ2v) is 4.82. The summed E-state index contributed by atoms with van der Waals surface area (Å²) in [5.74, 6) is -4.34. The van der Waals surface area contributed by atoms with Gasteiger partial charge in [-0.3, -0.25) is 4.98 Å². The Labute approximate surface area is 133 Å². The largest absolute Gasteiger partial charge is 0.384 e. The summed E-state index contributed by atoms with van der Waals surface area (Å²) in [6.45, 7) is -0.510. The van der Waals surface area contributed by atoms with Crippen molar-refractivity contribution in [2.45, 2.75) is 18.6 Å². The molecule has 3 aromatic heterocycles. The molecule has 1 atom stereocenters. The van der Waals surface area contributed by atoms with Gasteiger partial charge in [0.2, 0.25) is 0 Å². The van der Waals surface area contributed by atoms with Gasteiger partial charge in [0.25, 0.3) is 0 Å². The number of alkyl halides is 2. The Balaban J connectivity index is 1.82. The Kier molecular flexibility index (Phi) is 4.16. The van der Waals surface area contributed by atoms with Crippen molar-refractivity contribution < 1.29 is 18.3 Å². The molecule has 0 amide bonds. The summed E-state index contributed by atoms with van der Waals surface area (Å²) >= 11 is 0. The van der Waals surface area contributed by atoms with Gasteiger partial charge in [-0.2, -0.15) is 8.78 Å². The fourth-order valence-corrected chi connectivity index (χ4v) is 1.98. The Bertz CT molecular complexity index is 811. The van der Waals surface area contributed by atoms with E-state index in [2.05, 4.69) is 30.5 Å². The minimum atomic E-state index is -3.64. The van der Waals surface area contributed by atoms with Gasteiger partial charge in [0.1, 0.15) is 30.1 Å². The van der Waals surface area contributed by atoms with Crippen LogP contribution in [0.25, 0.3) is 11.3 Å². The lowest BCUT2D eigenvalue weighted by Gasteiger charge is -2.21. The first kappa shape index (κ1) is 15.9. The normalized spacial score (nSPS) is 13.0. The van der Waals surface area contributed by atoms with Gasteiger partial charge < -0.3 is 5.11 Å². The summed E-state index contributed by atoms with van der Waals surface area (Å²) in [6, 6.07) is 2.24. The molecule has 0 aliphatic carbocycles. The van der Waals surface area contributed by atoms with E-state index >= 15 is 0 Å². The van der Waals surface area contributed by atoms with Crippen molar-refractivity contribution >= 4 is 0 Å². The molecule has 0 bridgehead atoms. The lowest BCUT2D eigenvalue weighted by atomic mass is 10.1. The zero-order chi connectivity index (χ0) is 17.2. The van der Waals surface area contributed by atoms with Crippen LogP contribution >= 0.6 is 0 Å². The van der Waals surface area contributed by atoms with Crippen molar-refractivity contribution in [2.24, 2.45) is 0 Å². The number of pyridine rings is 1. The van der Waals surface area contributed by atoms with Gasteiger partial charge in [0.05, 0.1) is 12.7 Å². The molecule has 3 rings (SSSR count). The van der Waals surface area contributed by atoms with E-state index in [1.54, 1.807) is 0 Å². The average molecular weight is 337 g/mol. The maximum absolute atomic E-state index is 14.3. The highest BCUT2D eigenvalue weighted by molar-refractivity contribution is 5.57. The van der Waals surface area contributed by atoms with Crippen LogP contribution in [0.3, 0.4) is 0 Å². The SMILES string of the molecule is OC(Cn1cnnn1)C(F)(F)c1ccc(-c2ncncc2F)cn1. The number of rotatable bonds is 5. The molecule has 11 heteroatoms. The number of halogens is 3. The van der Waals surface area contributed by atoms with Crippen molar-refractivity contribution in [2.75, 3.05) is 0 Å². The van der Waals surface area contributed by atoms with Crippen molar-refractivity contribution in [3.8, 4) is 11.3 Å². The number of tetrazole rings is 1. The standard InChI is InChI=1S/C13H10F3N7O/c14-9-4-17-6-19-12(9)8-1-2-10(18-3-8)13(15,16)11(24)5-23-7-20-21-22-23/h1-4,6-7,11,24H,5H2. The Morgan fingerprint density at radius 2 is 2.04 bits per heavy atom. The van der Waals surface area contributed by atoms with Crippen LogP contribution in [-0.4, -0.2) is 46.4 Å². The van der Waals surface area contributed by atoms with Crippen LogP contribution < -0.4 is 0 Å². The molecule has 3 aromatic rings. The molecule has 1 N–H and O–H groups in total. The van der Waals surface area contributed by atoms with Crippen LogP contribution in [0, 0.1) is 5.82 Å². The van der Waals surface area contributed by atoms with Crippen LogP contribution in [0.15, 0.2) is 37.2 Å². The van der Waals surface area contributed by atoms with Crippen LogP contribution in [0.4, 0.5) is 13.2 Å². The minimum Gasteiger partial charge on any atom is -0.384 e. The third kappa shape index (κ3) is 3.06. The second-order valence-electron chi connectivity index (χ2n) is 4.82. The van der Waals surface area contributed by atoms with E-state index in [1.807, 2.05) is 0 Å². The molecular formula is C13H10F3N7O. The highest BCUT2D eigenvalue weighted by atomic mass is 19.3. The van der Waals surface area contributed by atoms with Crippen molar-refractivity contribution in [1.29, 1.82) is 0 Å². The highest BCUT2D eigenvalue weighted by Crippen LogP contribution is 2.32. The number of hydrogen-bond donors (Lipinski definition) is 1. The Morgan fingerprint density at radius 3 is 2.67 bits per heavy atom. The molecule has 0 spiro atoms. The molecule has 0 radical (unpaired) electrons. The molecule has 0 aliphatic heterocycles. The van der Waals surface area contributed by atoms with E-state index in [-0.39, 0.29) is 11.3 Å². The third-order valence-electron chi connectivity index (χ3n) is 3.22. The number of aromatic nitrogens is 7. The zero-order valence-corrected chi connectivity index (χ0v) is 12.0. The lowest BCUT2D eigenvalue weighted by molar-refractivity contribution is -0.124. The number of hydrogen-bond acceptors (Lipinski definition) is 7. The van der Waals surface area contributed by atoms with Gasteiger partial charge in [-0.15, -0.1) is 5.10 Å². The molecule has 8 nitrogen and oxygen atoms in total. The maximum atomic E-state index is 14.3. The van der Waals surface area contributed by atoms with Crippen LogP contribution in [0.2, 0.25) is 0 Å². The smallest absolute Gasteiger partial charge is 0.316 e. The summed E-state index contributed by atoms with van der Waals surface area (Å²) in [5.41, 5.74) is -0.507. The van der Waals surface area contributed by atoms with Gasteiger partial charge in [-0.1, -0.05) is 0 Å². The Hall–Kier alpha value is -2.95. The molecule has 124 valence electrons. The molecule has 1 unspecified atom stereocenters. The van der Waals surface area contributed by atoms with E-state index in [1.165, 1.54) is 6.07 Å². The van der Waals surface area contributed by atoms with E-state index in [4.69, 9.17) is 0 Å². The molecule has 0 saturated carbocycles. The monoisotopic (exact) mass is 337 g/mol. The van der Waals surface area contributed by atoms with Gasteiger partial charge >= 0.3 is 5.92 Å². The van der Waals surface area contributed by atoms with Crippen LogP contribution in [0.5, 0.6) is 0 Å². The number of aliphatic hydroxyl groups is 1. The van der Waals surface area contributed by atoms with Crippen molar-refractivity contribution in [3.05, 3.63) is 48.7 Å². The predicted molar refractivity (Wildman–Crippen MR) is 72.9 cm³/mol. The van der Waals surface area contributed by atoms with Crippen molar-refractivity contribution in [1.82, 2.24) is 35.2 Å². The summed E-state index contributed by atoms with van der Waals surface area (Å²) in [7, 11) is 0. The average Bonchev–Trinajstić information content (AvgIpc) is 3.08. The third-order valence-corrected chi connectivity index (χ3v) is 3.22. The molecule has 0 aliphatic rings. The number of aliphatic hydroxyl groups excluding tert-OH is 1. The lowest BCUT2D eigenvalue weighted by Crippen LogP contribution is -2.35. The molecule has 0 aromatic carbocycles. The second kappa shape index (κ2) is 6.28. The summed E-state index contributed by atoms with van der Waals surface area (Å²) < 4.78 is 43.1. The topological polar surface area (TPSA) is 102 Å². The van der Waals surface area contributed by atoms with E-state index < -0.39 is 30.1 Å². The van der Waals surface area contributed by atoms with Gasteiger partial charge in [-0.05, 0) is 22.6 Å². The molecule has 0 fully saturated rings. The summed E-state index contributed by atoms with van der Waals surface area (Å²) in [5, 5.41) is 19.8. The van der Waals surface area contributed by atoms with E-state index in [0.29, 0.717) is 0 Å². The van der Waals surface area contributed by atoms with E-state index in [0.717, 1.165) is 35.8 Å². The zero-order valence-electron chi connectivity index (χ0n) is 12.0. The van der Waals surface area contributed by atoms with E-state index in [9.17, 15) is 18.3 Å².